The molecule has 0 aromatic heterocycles. The summed E-state index contributed by atoms with van der Waals surface area (Å²) in [5.74, 6) is 0. The van der Waals surface area contributed by atoms with Crippen LogP contribution >= 0.6 is 0 Å². The van der Waals surface area contributed by atoms with Crippen LogP contribution in [0.15, 0.2) is 115 Å². The molecule has 1 fully saturated rings. The highest BCUT2D eigenvalue weighted by Gasteiger charge is 2.33. The Kier molecular flexibility index (Phi) is 10.8. The summed E-state index contributed by atoms with van der Waals surface area (Å²) < 4.78 is 13.3. The molecule has 2 amide bonds. The second-order valence-electron chi connectivity index (χ2n) is 12.6. The van der Waals surface area contributed by atoms with Crippen molar-refractivity contribution in [3.05, 3.63) is 143 Å². The van der Waals surface area contributed by atoms with E-state index in [4.69, 9.17) is 9.47 Å². The first-order chi connectivity index (χ1) is 23.4. The highest BCUT2D eigenvalue weighted by atomic mass is 16.7. The number of aliphatic hydroxyl groups is 1. The summed E-state index contributed by atoms with van der Waals surface area (Å²) in [6.45, 7) is 5.90. The molecule has 4 atom stereocenters. The maximum atomic E-state index is 12.0. The summed E-state index contributed by atoms with van der Waals surface area (Å²) in [5.41, 5.74) is 7.32. The lowest BCUT2D eigenvalue weighted by molar-refractivity contribution is -0.253. The SMILES string of the molecule is CCNC(=O)NCc1ccccc1-c1ccc([C@H]2O[C@@H](CN(C)[C@H](C)c3ccc4ccccc4c3)C[C@@H](c3ccc(CO)cc3)O2)cc1. The van der Waals surface area contributed by atoms with Crippen LogP contribution in [0.4, 0.5) is 4.79 Å². The molecule has 48 heavy (non-hydrogen) atoms. The number of nitrogens with zero attached hydrogens (tertiary/aromatic N) is 1. The molecule has 7 nitrogen and oxygen atoms in total. The third kappa shape index (κ3) is 7.94. The first-order valence-electron chi connectivity index (χ1n) is 16.8. The lowest BCUT2D eigenvalue weighted by atomic mass is 9.97. The molecule has 1 saturated heterocycles. The Bertz CT molecular complexity index is 1810. The lowest BCUT2D eigenvalue weighted by Crippen LogP contribution is -2.38. The van der Waals surface area contributed by atoms with Crippen LogP contribution in [0.1, 0.15) is 66.5 Å². The van der Waals surface area contributed by atoms with Gasteiger partial charge in [-0.1, -0.05) is 109 Å². The van der Waals surface area contributed by atoms with Crippen LogP contribution in [0.5, 0.6) is 0 Å². The van der Waals surface area contributed by atoms with Crippen LogP contribution in [-0.2, 0) is 22.6 Å². The fourth-order valence-electron chi connectivity index (χ4n) is 6.41. The van der Waals surface area contributed by atoms with Crippen molar-refractivity contribution in [2.75, 3.05) is 20.1 Å². The zero-order valence-electron chi connectivity index (χ0n) is 27.9. The molecular weight excluding hydrogens is 598 g/mol. The van der Waals surface area contributed by atoms with Gasteiger partial charge in [0.2, 0.25) is 0 Å². The topological polar surface area (TPSA) is 83.1 Å². The van der Waals surface area contributed by atoms with Crippen molar-refractivity contribution >= 4 is 16.8 Å². The molecule has 0 saturated carbocycles. The molecule has 0 unspecified atom stereocenters. The summed E-state index contributed by atoms with van der Waals surface area (Å²) in [6, 6.07) is 39.6. The number of aliphatic hydroxyl groups excluding tert-OH is 1. The molecule has 0 aliphatic carbocycles. The quantitative estimate of drug-likeness (QED) is 0.136. The van der Waals surface area contributed by atoms with E-state index < -0.39 is 6.29 Å². The molecule has 1 aliphatic rings. The third-order valence-corrected chi connectivity index (χ3v) is 9.31. The van der Waals surface area contributed by atoms with Gasteiger partial charge in [-0.15, -0.1) is 0 Å². The molecule has 7 heteroatoms. The lowest BCUT2D eigenvalue weighted by Gasteiger charge is -2.39. The molecule has 1 aliphatic heterocycles. The largest absolute Gasteiger partial charge is 0.392 e. The fraction of sp³-hybridized carbons (Fsp3) is 0.293. The number of carbonyl (C=O) groups is 1. The molecule has 0 radical (unpaired) electrons. The van der Waals surface area contributed by atoms with Crippen molar-refractivity contribution in [1.82, 2.24) is 15.5 Å². The molecule has 1 heterocycles. The number of likely N-dealkylation sites (N-methyl/N-ethyl adjacent to an activating group) is 1. The van der Waals surface area contributed by atoms with Crippen LogP contribution in [-0.4, -0.2) is 42.3 Å². The number of hydrogen-bond donors (Lipinski definition) is 3. The van der Waals surface area contributed by atoms with Gasteiger partial charge in [0, 0.05) is 37.7 Å². The van der Waals surface area contributed by atoms with E-state index in [1.54, 1.807) is 0 Å². The predicted octanol–water partition coefficient (Wildman–Crippen LogP) is 8.06. The molecule has 0 bridgehead atoms. The molecule has 5 aromatic carbocycles. The Morgan fingerprint density at radius 3 is 2.31 bits per heavy atom. The molecule has 6 rings (SSSR count). The zero-order valence-corrected chi connectivity index (χ0v) is 27.9. The maximum Gasteiger partial charge on any atom is 0.315 e. The van der Waals surface area contributed by atoms with E-state index in [0.717, 1.165) is 39.9 Å². The maximum absolute atomic E-state index is 12.0. The minimum absolute atomic E-state index is 0.00902. The summed E-state index contributed by atoms with van der Waals surface area (Å²) in [6.07, 6.45) is -0.0562. The standard InChI is InChI=1S/C41H45N3O4/c1-4-42-41(46)43-25-36-11-7-8-12-38(36)31-18-20-33(21-19-31)40-47-37(24-39(48-40)32-15-13-29(27-45)14-16-32)26-44(3)28(2)34-22-17-30-9-5-6-10-35(30)23-34/h5-23,28,37,39-40,45H,4,24-27H2,1-3H3,(H2,42,43,46)/t28-,37-,39+,40+/m1/s1. The second kappa shape index (κ2) is 15.6. The average Bonchev–Trinajstić information content (AvgIpc) is 3.13. The van der Waals surface area contributed by atoms with E-state index in [1.165, 1.54) is 16.3 Å². The summed E-state index contributed by atoms with van der Waals surface area (Å²) >= 11 is 0. The van der Waals surface area contributed by atoms with E-state index in [2.05, 4.69) is 102 Å². The van der Waals surface area contributed by atoms with Gasteiger partial charge in [0.15, 0.2) is 6.29 Å². The van der Waals surface area contributed by atoms with Crippen molar-refractivity contribution < 1.29 is 19.4 Å². The van der Waals surface area contributed by atoms with Crippen LogP contribution in [0.25, 0.3) is 21.9 Å². The van der Waals surface area contributed by atoms with Gasteiger partial charge in [0.05, 0.1) is 18.8 Å². The van der Waals surface area contributed by atoms with E-state index >= 15 is 0 Å². The number of carbonyl (C=O) groups excluding carboxylic acids is 1. The van der Waals surface area contributed by atoms with Gasteiger partial charge in [-0.2, -0.15) is 0 Å². The van der Waals surface area contributed by atoms with Crippen LogP contribution in [0, 0.1) is 0 Å². The fourth-order valence-corrected chi connectivity index (χ4v) is 6.41. The van der Waals surface area contributed by atoms with Gasteiger partial charge in [0.25, 0.3) is 0 Å². The van der Waals surface area contributed by atoms with Crippen LogP contribution in [0.3, 0.4) is 0 Å². The molecular formula is C41H45N3O4. The predicted molar refractivity (Wildman–Crippen MR) is 191 cm³/mol. The Morgan fingerprint density at radius 2 is 1.56 bits per heavy atom. The summed E-state index contributed by atoms with van der Waals surface area (Å²) in [7, 11) is 2.16. The molecule has 3 N–H and O–H groups in total. The van der Waals surface area contributed by atoms with Gasteiger partial charge in [0.1, 0.15) is 0 Å². The van der Waals surface area contributed by atoms with Gasteiger partial charge >= 0.3 is 6.03 Å². The average molecular weight is 644 g/mol. The second-order valence-corrected chi connectivity index (χ2v) is 12.6. The first kappa shape index (κ1) is 33.4. The number of urea groups is 1. The van der Waals surface area contributed by atoms with Crippen molar-refractivity contribution in [2.45, 2.75) is 58.0 Å². The van der Waals surface area contributed by atoms with Gasteiger partial charge in [-0.05, 0) is 71.1 Å². The number of benzene rings is 5. The van der Waals surface area contributed by atoms with Crippen molar-refractivity contribution in [1.29, 1.82) is 0 Å². The molecule has 0 spiro atoms. The third-order valence-electron chi connectivity index (χ3n) is 9.31. The zero-order chi connectivity index (χ0) is 33.5. The Labute approximate surface area is 283 Å². The summed E-state index contributed by atoms with van der Waals surface area (Å²) in [4.78, 5) is 14.4. The van der Waals surface area contributed by atoms with Gasteiger partial charge in [-0.3, -0.25) is 4.90 Å². The molecule has 5 aromatic rings. The van der Waals surface area contributed by atoms with E-state index in [9.17, 15) is 9.90 Å². The number of rotatable bonds is 11. The first-order valence-corrected chi connectivity index (χ1v) is 16.8. The number of hydrogen-bond acceptors (Lipinski definition) is 5. The van der Waals surface area contributed by atoms with Crippen molar-refractivity contribution in [3.8, 4) is 11.1 Å². The number of amides is 2. The van der Waals surface area contributed by atoms with E-state index in [-0.39, 0.29) is 30.9 Å². The Balaban J connectivity index is 1.21. The monoisotopic (exact) mass is 643 g/mol. The van der Waals surface area contributed by atoms with Crippen molar-refractivity contribution in [3.63, 3.8) is 0 Å². The molecule has 248 valence electrons. The van der Waals surface area contributed by atoms with E-state index in [0.29, 0.717) is 19.5 Å². The highest BCUT2D eigenvalue weighted by Crippen LogP contribution is 2.39. The van der Waals surface area contributed by atoms with Gasteiger partial charge in [-0.25, -0.2) is 4.79 Å². The number of fused-ring (bicyclic) bond motifs is 1. The van der Waals surface area contributed by atoms with Crippen molar-refractivity contribution in [2.24, 2.45) is 0 Å². The van der Waals surface area contributed by atoms with Crippen LogP contribution < -0.4 is 10.6 Å². The summed E-state index contributed by atoms with van der Waals surface area (Å²) in [5, 5.41) is 17.8. The smallest absolute Gasteiger partial charge is 0.315 e. The van der Waals surface area contributed by atoms with E-state index in [1.807, 2.05) is 49.4 Å². The normalized spacial score (nSPS) is 18.5. The van der Waals surface area contributed by atoms with Gasteiger partial charge < -0.3 is 25.2 Å². The number of nitrogens with one attached hydrogen (secondary N) is 2. The van der Waals surface area contributed by atoms with Crippen LogP contribution in [0.2, 0.25) is 0 Å². The Hall–Kier alpha value is -4.53. The minimum atomic E-state index is -0.542. The Morgan fingerprint density at radius 1 is 0.854 bits per heavy atom. The highest BCUT2D eigenvalue weighted by molar-refractivity contribution is 5.83. The number of ether oxygens (including phenoxy) is 2. The minimum Gasteiger partial charge on any atom is -0.392 e.